The molecule has 36 heavy (non-hydrogen) atoms. The number of anilines is 1. The van der Waals surface area contributed by atoms with E-state index in [1.165, 1.54) is 4.90 Å². The Morgan fingerprint density at radius 1 is 1.08 bits per heavy atom. The minimum absolute atomic E-state index is 0.0372. The highest BCUT2D eigenvalue weighted by Gasteiger charge is 2.46. The summed E-state index contributed by atoms with van der Waals surface area (Å²) in [5.74, 6) is -0.243. The fourth-order valence-electron chi connectivity index (χ4n) is 4.62. The number of nitrogens with zero attached hydrogens (tertiary/aromatic N) is 2. The molecule has 1 unspecified atom stereocenters. The zero-order valence-corrected chi connectivity index (χ0v) is 20.7. The number of fused-ring (bicyclic) bond motifs is 1. The minimum Gasteiger partial charge on any atom is -0.507 e. The van der Waals surface area contributed by atoms with Gasteiger partial charge in [0, 0.05) is 24.2 Å². The maximum Gasteiger partial charge on any atom is 0.295 e. The van der Waals surface area contributed by atoms with Gasteiger partial charge in [-0.1, -0.05) is 35.9 Å². The Balaban J connectivity index is 1.61. The molecule has 5 rings (SSSR count). The third-order valence-electron chi connectivity index (χ3n) is 6.57. The summed E-state index contributed by atoms with van der Waals surface area (Å²) < 4.78 is 10.9. The molecule has 2 aliphatic rings. The summed E-state index contributed by atoms with van der Waals surface area (Å²) in [5, 5.41) is 11.9. The fraction of sp³-hybridized carbons (Fsp3) is 0.214. The number of amides is 1. The predicted octanol–water partition coefficient (Wildman–Crippen LogP) is 4.80. The van der Waals surface area contributed by atoms with Crippen molar-refractivity contribution >= 4 is 34.7 Å². The average Bonchev–Trinajstić information content (AvgIpc) is 3.14. The summed E-state index contributed by atoms with van der Waals surface area (Å²) in [6.07, 6.45) is 0. The first-order chi connectivity index (χ1) is 17.4. The Bertz CT molecular complexity index is 1350. The predicted molar refractivity (Wildman–Crippen MR) is 137 cm³/mol. The van der Waals surface area contributed by atoms with Crippen LogP contribution in [-0.4, -0.2) is 49.0 Å². The largest absolute Gasteiger partial charge is 0.507 e. The number of Topliss-reactive ketones (excluding diaryl/α,β-unsaturated/α-hetero) is 1. The van der Waals surface area contributed by atoms with Crippen LogP contribution in [0.2, 0.25) is 5.02 Å². The molecule has 1 atom stereocenters. The normalized spacial score (nSPS) is 18.7. The van der Waals surface area contributed by atoms with Crippen LogP contribution in [0.15, 0.2) is 72.3 Å². The summed E-state index contributed by atoms with van der Waals surface area (Å²) in [5.41, 5.74) is 2.78. The van der Waals surface area contributed by atoms with Crippen LogP contribution >= 0.6 is 11.6 Å². The number of halogens is 1. The number of methoxy groups -OCH3 is 1. The van der Waals surface area contributed by atoms with Gasteiger partial charge in [-0.05, 0) is 53.6 Å². The Kier molecular flexibility index (Phi) is 6.33. The molecule has 7 nitrogen and oxygen atoms in total. The van der Waals surface area contributed by atoms with Gasteiger partial charge in [0.05, 0.1) is 31.0 Å². The Morgan fingerprint density at radius 2 is 1.81 bits per heavy atom. The van der Waals surface area contributed by atoms with Crippen molar-refractivity contribution in [3.63, 3.8) is 0 Å². The van der Waals surface area contributed by atoms with E-state index in [9.17, 15) is 14.7 Å². The van der Waals surface area contributed by atoms with Gasteiger partial charge in [-0.15, -0.1) is 0 Å². The zero-order valence-electron chi connectivity index (χ0n) is 19.9. The molecule has 8 heteroatoms. The number of ketones is 1. The maximum absolute atomic E-state index is 13.3. The fourth-order valence-corrected chi connectivity index (χ4v) is 4.74. The molecule has 184 valence electrons. The van der Waals surface area contributed by atoms with E-state index in [4.69, 9.17) is 21.1 Å². The van der Waals surface area contributed by atoms with Crippen molar-refractivity contribution in [3.8, 4) is 11.5 Å². The summed E-state index contributed by atoms with van der Waals surface area (Å²) in [4.78, 5) is 30.1. The van der Waals surface area contributed by atoms with E-state index in [0.717, 1.165) is 11.3 Å². The van der Waals surface area contributed by atoms with E-state index in [0.29, 0.717) is 40.8 Å². The number of hydrogen-bond acceptors (Lipinski definition) is 6. The Hall–Kier alpha value is -3.97. The Morgan fingerprint density at radius 3 is 2.50 bits per heavy atom. The molecular weight excluding hydrogens is 480 g/mol. The number of likely N-dealkylation sites (tertiary alicyclic amines) is 1. The molecule has 0 aromatic heterocycles. The number of ether oxygens (including phenoxy) is 2. The minimum atomic E-state index is -0.783. The average molecular weight is 505 g/mol. The summed E-state index contributed by atoms with van der Waals surface area (Å²) in [6, 6.07) is 18.7. The van der Waals surface area contributed by atoms with Gasteiger partial charge in [0.2, 0.25) is 0 Å². The van der Waals surface area contributed by atoms with E-state index in [-0.39, 0.29) is 17.9 Å². The van der Waals surface area contributed by atoms with Crippen LogP contribution in [0, 0.1) is 0 Å². The van der Waals surface area contributed by atoms with Crippen LogP contribution in [0.3, 0.4) is 0 Å². The zero-order chi connectivity index (χ0) is 25.4. The van der Waals surface area contributed by atoms with Crippen molar-refractivity contribution in [2.45, 2.75) is 12.6 Å². The molecule has 0 aliphatic carbocycles. The molecule has 0 radical (unpaired) electrons. The van der Waals surface area contributed by atoms with Gasteiger partial charge in [-0.2, -0.15) is 0 Å². The molecule has 3 aromatic rings. The Labute approximate surface area is 214 Å². The molecule has 1 saturated heterocycles. The van der Waals surface area contributed by atoms with Gasteiger partial charge >= 0.3 is 0 Å². The van der Waals surface area contributed by atoms with Gasteiger partial charge in [-0.3, -0.25) is 9.59 Å². The third kappa shape index (κ3) is 4.27. The van der Waals surface area contributed by atoms with Crippen LogP contribution in [0.5, 0.6) is 11.5 Å². The molecule has 0 saturated carbocycles. The number of aliphatic hydroxyl groups excluding tert-OH is 1. The number of benzene rings is 3. The van der Waals surface area contributed by atoms with Crippen LogP contribution in [0.1, 0.15) is 22.7 Å². The molecule has 0 spiro atoms. The van der Waals surface area contributed by atoms with Crippen LogP contribution in [0.4, 0.5) is 5.69 Å². The standard InChI is InChI=1S/C28H25ClN2O5/c1-30-13-14-36-23-12-7-19(15-22(23)30)26(32)24-25(18-5-8-20(29)9-6-18)31(28(34)27(24)33)16-17-3-10-21(35-2)11-4-17/h3-12,15,25,32H,13-14,16H2,1-2H3/b26-24-. The topological polar surface area (TPSA) is 79.3 Å². The molecule has 0 bridgehead atoms. The van der Waals surface area contributed by atoms with E-state index < -0.39 is 17.7 Å². The van der Waals surface area contributed by atoms with Crippen molar-refractivity contribution in [1.82, 2.24) is 4.90 Å². The van der Waals surface area contributed by atoms with Gasteiger partial charge in [0.1, 0.15) is 23.9 Å². The second-order valence-corrected chi connectivity index (χ2v) is 9.22. The number of carbonyl (C=O) groups excluding carboxylic acids is 2. The lowest BCUT2D eigenvalue weighted by atomic mass is 9.95. The monoisotopic (exact) mass is 504 g/mol. The van der Waals surface area contributed by atoms with Crippen LogP contribution in [0.25, 0.3) is 5.76 Å². The third-order valence-corrected chi connectivity index (χ3v) is 6.82. The van der Waals surface area contributed by atoms with Crippen molar-refractivity contribution in [2.75, 3.05) is 32.2 Å². The highest BCUT2D eigenvalue weighted by atomic mass is 35.5. The molecule has 2 heterocycles. The molecule has 3 aromatic carbocycles. The molecule has 1 fully saturated rings. The summed E-state index contributed by atoms with van der Waals surface area (Å²) >= 11 is 6.11. The van der Waals surface area contributed by atoms with Crippen LogP contribution < -0.4 is 14.4 Å². The molecular formula is C28H25ClN2O5. The van der Waals surface area contributed by atoms with E-state index in [2.05, 4.69) is 0 Å². The lowest BCUT2D eigenvalue weighted by Crippen LogP contribution is -2.29. The van der Waals surface area contributed by atoms with Gasteiger partial charge in [0.15, 0.2) is 0 Å². The van der Waals surface area contributed by atoms with Gasteiger partial charge in [-0.25, -0.2) is 0 Å². The van der Waals surface area contributed by atoms with Crippen molar-refractivity contribution in [3.05, 3.63) is 94.0 Å². The molecule has 1 amide bonds. The highest BCUT2D eigenvalue weighted by Crippen LogP contribution is 2.42. The lowest BCUT2D eigenvalue weighted by Gasteiger charge is -2.28. The van der Waals surface area contributed by atoms with E-state index in [1.54, 1.807) is 61.7 Å². The van der Waals surface area contributed by atoms with Crippen LogP contribution in [-0.2, 0) is 16.1 Å². The quantitative estimate of drug-likeness (QED) is 0.305. The molecule has 1 N–H and O–H groups in total. The number of likely N-dealkylation sites (N-methyl/N-ethyl adjacent to an activating group) is 1. The summed E-state index contributed by atoms with van der Waals surface area (Å²) in [6.45, 7) is 1.45. The first-order valence-electron chi connectivity index (χ1n) is 11.5. The lowest BCUT2D eigenvalue weighted by molar-refractivity contribution is -0.140. The number of carbonyl (C=O) groups is 2. The van der Waals surface area contributed by atoms with E-state index in [1.807, 2.05) is 24.1 Å². The van der Waals surface area contributed by atoms with Gasteiger partial charge < -0.3 is 24.4 Å². The number of rotatable bonds is 5. The SMILES string of the molecule is COc1ccc(CN2C(=O)C(=O)/C(=C(\O)c3ccc4c(c3)N(C)CCO4)C2c2ccc(Cl)cc2)cc1. The smallest absolute Gasteiger partial charge is 0.295 e. The maximum atomic E-state index is 13.3. The second-order valence-electron chi connectivity index (χ2n) is 8.78. The van der Waals surface area contributed by atoms with Crippen molar-refractivity contribution < 1.29 is 24.2 Å². The first-order valence-corrected chi connectivity index (χ1v) is 11.9. The number of aliphatic hydroxyl groups is 1. The first kappa shape index (κ1) is 23.8. The van der Waals surface area contributed by atoms with Crippen molar-refractivity contribution in [1.29, 1.82) is 0 Å². The highest BCUT2D eigenvalue weighted by molar-refractivity contribution is 6.46. The molecule has 2 aliphatic heterocycles. The van der Waals surface area contributed by atoms with E-state index >= 15 is 0 Å². The van der Waals surface area contributed by atoms with Gasteiger partial charge in [0.25, 0.3) is 11.7 Å². The van der Waals surface area contributed by atoms with Crippen molar-refractivity contribution in [2.24, 2.45) is 0 Å². The second kappa shape index (κ2) is 9.59. The summed E-state index contributed by atoms with van der Waals surface area (Å²) in [7, 11) is 3.52. The number of hydrogen-bond donors (Lipinski definition) is 1.